The van der Waals surface area contributed by atoms with Crippen LogP contribution < -0.4 is 0 Å². The molecule has 1 fully saturated rings. The van der Waals surface area contributed by atoms with Crippen LogP contribution in [0.3, 0.4) is 0 Å². The summed E-state index contributed by atoms with van der Waals surface area (Å²) >= 11 is 1.12. The summed E-state index contributed by atoms with van der Waals surface area (Å²) in [6.45, 7) is 2.87. The van der Waals surface area contributed by atoms with E-state index in [9.17, 15) is 9.59 Å². The number of hydrogen-bond acceptors (Lipinski definition) is 4. The number of carbonyl (C=O) groups excluding carboxylic acids is 1. The van der Waals surface area contributed by atoms with E-state index in [2.05, 4.69) is 11.9 Å². The molecule has 0 aromatic carbocycles. The second kappa shape index (κ2) is 6.14. The number of rotatable bonds is 4. The Labute approximate surface area is 116 Å². The molecular weight excluding hydrogens is 264 g/mol. The molecule has 2 rings (SSSR count). The molecule has 0 saturated carbocycles. The van der Waals surface area contributed by atoms with Gasteiger partial charge in [0, 0.05) is 18.0 Å². The maximum atomic E-state index is 12.4. The standard InChI is InChI=1S/C13H18N2O3S/c1-2-5-9-6-3-4-7-15(9)12(16)11-14-10(8-19-11)13(17)18/h8-9H,2-7H2,1H3,(H,17,18). The van der Waals surface area contributed by atoms with E-state index < -0.39 is 5.97 Å². The summed E-state index contributed by atoms with van der Waals surface area (Å²) in [6, 6.07) is 0.281. The third kappa shape index (κ3) is 3.12. The predicted molar refractivity (Wildman–Crippen MR) is 72.7 cm³/mol. The Morgan fingerprint density at radius 2 is 2.32 bits per heavy atom. The highest BCUT2D eigenvalue weighted by Gasteiger charge is 2.28. The van der Waals surface area contributed by atoms with E-state index in [0.29, 0.717) is 5.01 Å². The van der Waals surface area contributed by atoms with E-state index in [-0.39, 0.29) is 17.6 Å². The number of aromatic carboxylic acids is 1. The zero-order valence-corrected chi connectivity index (χ0v) is 11.8. The first-order valence-corrected chi connectivity index (χ1v) is 7.51. The van der Waals surface area contributed by atoms with Gasteiger partial charge in [0.15, 0.2) is 10.7 Å². The Kier molecular flexibility index (Phi) is 4.52. The molecule has 1 aliphatic rings. The van der Waals surface area contributed by atoms with E-state index in [1.807, 2.05) is 4.90 Å². The molecule has 1 aromatic heterocycles. The SMILES string of the molecule is CCCC1CCCCN1C(=O)c1nc(C(=O)O)cs1. The molecule has 1 atom stereocenters. The molecule has 2 heterocycles. The van der Waals surface area contributed by atoms with Crippen LogP contribution in [0.2, 0.25) is 0 Å². The van der Waals surface area contributed by atoms with Gasteiger partial charge in [-0.05, 0) is 25.7 Å². The highest BCUT2D eigenvalue weighted by molar-refractivity contribution is 7.11. The van der Waals surface area contributed by atoms with Gasteiger partial charge >= 0.3 is 5.97 Å². The van der Waals surface area contributed by atoms with Crippen molar-refractivity contribution in [1.29, 1.82) is 0 Å². The number of amides is 1. The van der Waals surface area contributed by atoms with E-state index in [4.69, 9.17) is 5.11 Å². The average molecular weight is 282 g/mol. The van der Waals surface area contributed by atoms with Gasteiger partial charge < -0.3 is 10.0 Å². The summed E-state index contributed by atoms with van der Waals surface area (Å²) in [6.07, 6.45) is 5.27. The Morgan fingerprint density at radius 1 is 1.53 bits per heavy atom. The minimum Gasteiger partial charge on any atom is -0.476 e. The van der Waals surface area contributed by atoms with Crippen LogP contribution >= 0.6 is 11.3 Å². The smallest absolute Gasteiger partial charge is 0.355 e. The molecule has 1 unspecified atom stereocenters. The third-order valence-corrected chi connectivity index (χ3v) is 4.25. The van der Waals surface area contributed by atoms with E-state index in [0.717, 1.165) is 50.0 Å². The fourth-order valence-electron chi connectivity index (χ4n) is 2.49. The van der Waals surface area contributed by atoms with Gasteiger partial charge in [0.05, 0.1) is 0 Å². The van der Waals surface area contributed by atoms with Crippen LogP contribution in [-0.4, -0.2) is 39.5 Å². The van der Waals surface area contributed by atoms with Crippen molar-refractivity contribution < 1.29 is 14.7 Å². The van der Waals surface area contributed by atoms with Crippen molar-refractivity contribution >= 4 is 23.2 Å². The summed E-state index contributed by atoms with van der Waals surface area (Å²) in [4.78, 5) is 29.0. The Bertz CT molecular complexity index is 470. The van der Waals surface area contributed by atoms with Crippen molar-refractivity contribution in [3.63, 3.8) is 0 Å². The molecule has 1 saturated heterocycles. The van der Waals surface area contributed by atoms with Crippen molar-refractivity contribution in [2.24, 2.45) is 0 Å². The first-order valence-electron chi connectivity index (χ1n) is 6.63. The van der Waals surface area contributed by atoms with Crippen molar-refractivity contribution in [1.82, 2.24) is 9.88 Å². The molecule has 1 aliphatic heterocycles. The normalized spacial score (nSPS) is 19.4. The molecule has 5 nitrogen and oxygen atoms in total. The number of hydrogen-bond donors (Lipinski definition) is 1. The molecule has 0 aliphatic carbocycles. The molecule has 0 radical (unpaired) electrons. The number of carbonyl (C=O) groups is 2. The first-order chi connectivity index (χ1) is 9.13. The maximum absolute atomic E-state index is 12.4. The minimum atomic E-state index is -1.08. The van der Waals surface area contributed by atoms with Gasteiger partial charge in [-0.1, -0.05) is 13.3 Å². The zero-order valence-electron chi connectivity index (χ0n) is 11.0. The van der Waals surface area contributed by atoms with Gasteiger partial charge in [0.25, 0.3) is 5.91 Å². The van der Waals surface area contributed by atoms with E-state index >= 15 is 0 Å². The van der Waals surface area contributed by atoms with Crippen LogP contribution in [0.15, 0.2) is 5.38 Å². The highest BCUT2D eigenvalue weighted by atomic mass is 32.1. The molecule has 104 valence electrons. The van der Waals surface area contributed by atoms with Crippen LogP contribution in [-0.2, 0) is 0 Å². The Hall–Kier alpha value is -1.43. The summed E-state index contributed by atoms with van der Waals surface area (Å²) in [5.41, 5.74) is -0.0441. The molecule has 6 heteroatoms. The van der Waals surface area contributed by atoms with Crippen molar-refractivity contribution in [3.8, 4) is 0 Å². The maximum Gasteiger partial charge on any atom is 0.355 e. The van der Waals surface area contributed by atoms with Gasteiger partial charge in [-0.3, -0.25) is 4.79 Å². The van der Waals surface area contributed by atoms with Gasteiger partial charge in [-0.15, -0.1) is 11.3 Å². The van der Waals surface area contributed by atoms with Crippen LogP contribution in [0.4, 0.5) is 0 Å². The number of aromatic nitrogens is 1. The molecule has 1 amide bonds. The quantitative estimate of drug-likeness (QED) is 0.921. The Balaban J connectivity index is 2.13. The monoisotopic (exact) mass is 282 g/mol. The number of likely N-dealkylation sites (tertiary alicyclic amines) is 1. The van der Waals surface area contributed by atoms with Crippen LogP contribution in [0.1, 0.15) is 59.3 Å². The second-order valence-corrected chi connectivity index (χ2v) is 5.64. The van der Waals surface area contributed by atoms with Crippen molar-refractivity contribution in [3.05, 3.63) is 16.1 Å². The third-order valence-electron chi connectivity index (χ3n) is 3.42. The number of thiazole rings is 1. The van der Waals surface area contributed by atoms with Crippen LogP contribution in [0, 0.1) is 0 Å². The number of carboxylic acids is 1. The Morgan fingerprint density at radius 3 is 2.95 bits per heavy atom. The second-order valence-electron chi connectivity index (χ2n) is 4.78. The van der Waals surface area contributed by atoms with E-state index in [1.54, 1.807) is 0 Å². The lowest BCUT2D eigenvalue weighted by Gasteiger charge is -2.35. The lowest BCUT2D eigenvalue weighted by Crippen LogP contribution is -2.43. The summed E-state index contributed by atoms with van der Waals surface area (Å²) in [7, 11) is 0. The molecule has 0 spiro atoms. The number of piperidine rings is 1. The van der Waals surface area contributed by atoms with Crippen molar-refractivity contribution in [2.45, 2.75) is 45.1 Å². The summed E-state index contributed by atoms with van der Waals surface area (Å²) < 4.78 is 0. The van der Waals surface area contributed by atoms with Crippen molar-refractivity contribution in [2.75, 3.05) is 6.54 Å². The summed E-state index contributed by atoms with van der Waals surface area (Å²) in [5, 5.41) is 10.6. The lowest BCUT2D eigenvalue weighted by molar-refractivity contribution is 0.0600. The predicted octanol–water partition coefficient (Wildman–Crippen LogP) is 2.64. The lowest BCUT2D eigenvalue weighted by atomic mass is 9.98. The van der Waals surface area contributed by atoms with Gasteiger partial charge in [0.1, 0.15) is 0 Å². The number of carboxylic acid groups (broad SMARTS) is 1. The molecule has 19 heavy (non-hydrogen) atoms. The fraction of sp³-hybridized carbons (Fsp3) is 0.615. The van der Waals surface area contributed by atoms with Gasteiger partial charge in [-0.2, -0.15) is 0 Å². The average Bonchev–Trinajstić information content (AvgIpc) is 2.89. The largest absolute Gasteiger partial charge is 0.476 e. The number of nitrogens with zero attached hydrogens (tertiary/aromatic N) is 2. The van der Waals surface area contributed by atoms with Gasteiger partial charge in [0.2, 0.25) is 0 Å². The molecular formula is C13H18N2O3S. The van der Waals surface area contributed by atoms with E-state index in [1.165, 1.54) is 5.38 Å². The van der Waals surface area contributed by atoms with Crippen LogP contribution in [0.5, 0.6) is 0 Å². The minimum absolute atomic E-state index is 0.0441. The molecule has 0 bridgehead atoms. The summed E-state index contributed by atoms with van der Waals surface area (Å²) in [5.74, 6) is -1.20. The fourth-order valence-corrected chi connectivity index (χ4v) is 3.24. The first kappa shape index (κ1) is 14.0. The van der Waals surface area contributed by atoms with Gasteiger partial charge in [-0.25, -0.2) is 9.78 Å². The zero-order chi connectivity index (χ0) is 13.8. The van der Waals surface area contributed by atoms with Crippen LogP contribution in [0.25, 0.3) is 0 Å². The molecule has 1 N–H and O–H groups in total. The highest BCUT2D eigenvalue weighted by Crippen LogP contribution is 2.24. The topological polar surface area (TPSA) is 70.5 Å². The molecule has 1 aromatic rings.